The minimum absolute atomic E-state index is 0.0145. The predicted molar refractivity (Wildman–Crippen MR) is 135 cm³/mol. The summed E-state index contributed by atoms with van der Waals surface area (Å²) in [7, 11) is 0. The number of carbonyl (C=O) groups is 3. The lowest BCUT2D eigenvalue weighted by Crippen LogP contribution is -2.28. The van der Waals surface area contributed by atoms with Gasteiger partial charge in [-0.25, -0.2) is 8.78 Å². The van der Waals surface area contributed by atoms with E-state index in [9.17, 15) is 23.2 Å². The highest BCUT2D eigenvalue weighted by Crippen LogP contribution is 2.21. The summed E-state index contributed by atoms with van der Waals surface area (Å²) in [5.74, 6) is -5.00. The molecule has 0 unspecified atom stereocenters. The van der Waals surface area contributed by atoms with Gasteiger partial charge in [-0.15, -0.1) is 0 Å². The minimum atomic E-state index is -2.51. The molecule has 0 bridgehead atoms. The zero-order valence-electron chi connectivity index (χ0n) is 21.3. The van der Waals surface area contributed by atoms with Crippen LogP contribution in [0.3, 0.4) is 0 Å². The van der Waals surface area contributed by atoms with Crippen molar-refractivity contribution in [3.05, 3.63) is 29.8 Å². The molecule has 4 nitrogen and oxygen atoms in total. The molecule has 0 heterocycles. The Kier molecular flexibility index (Phi) is 14.5. The quantitative estimate of drug-likeness (QED) is 0.118. The Labute approximate surface area is 204 Å². The molecule has 6 heteroatoms. The molecule has 0 amide bonds. The first kappa shape index (κ1) is 29.9. The highest BCUT2D eigenvalue weighted by atomic mass is 19.3. The van der Waals surface area contributed by atoms with Gasteiger partial charge in [0.15, 0.2) is 5.78 Å². The molecule has 0 saturated carbocycles. The van der Waals surface area contributed by atoms with E-state index in [1.807, 2.05) is 12.1 Å². The third kappa shape index (κ3) is 13.6. The number of unbranched alkanes of at least 4 members (excludes halogenated alkanes) is 11. The van der Waals surface area contributed by atoms with Crippen LogP contribution in [-0.2, 0) is 9.59 Å². The van der Waals surface area contributed by atoms with Crippen molar-refractivity contribution in [2.75, 3.05) is 11.9 Å². The first-order chi connectivity index (χ1) is 16.1. The summed E-state index contributed by atoms with van der Waals surface area (Å²) in [6, 6.07) is 6.94. The molecule has 192 valence electrons. The number of benzene rings is 1. The topological polar surface area (TPSA) is 63.2 Å². The Morgan fingerprint density at radius 1 is 0.735 bits per heavy atom. The van der Waals surface area contributed by atoms with Crippen LogP contribution in [0.15, 0.2) is 24.3 Å². The van der Waals surface area contributed by atoms with Crippen molar-refractivity contribution >= 4 is 23.0 Å². The summed E-state index contributed by atoms with van der Waals surface area (Å²) in [6.45, 7) is 4.40. The molecule has 0 aliphatic heterocycles. The largest absolute Gasteiger partial charge is 0.385 e. The molecule has 0 atom stereocenters. The van der Waals surface area contributed by atoms with Gasteiger partial charge in [0.25, 0.3) is 0 Å². The number of anilines is 1. The van der Waals surface area contributed by atoms with E-state index < -0.39 is 29.2 Å². The van der Waals surface area contributed by atoms with Gasteiger partial charge >= 0.3 is 0 Å². The average molecular weight is 480 g/mol. The number of carbonyl (C=O) groups excluding carboxylic acids is 3. The van der Waals surface area contributed by atoms with Gasteiger partial charge in [-0.2, -0.15) is 0 Å². The monoisotopic (exact) mass is 479 g/mol. The molecule has 1 aromatic rings. The molecular formula is C28H43F2NO3. The Bertz CT molecular complexity index is 727. The minimum Gasteiger partial charge on any atom is -0.385 e. The Hall–Kier alpha value is -2.11. The van der Waals surface area contributed by atoms with Crippen LogP contribution in [-0.4, -0.2) is 29.8 Å². The van der Waals surface area contributed by atoms with Crippen molar-refractivity contribution < 1.29 is 23.2 Å². The van der Waals surface area contributed by atoms with Crippen molar-refractivity contribution in [3.63, 3.8) is 0 Å². The lowest BCUT2D eigenvalue weighted by Gasteiger charge is -2.11. The van der Waals surface area contributed by atoms with Crippen LogP contribution < -0.4 is 5.32 Å². The number of nitrogens with one attached hydrogen (secondary N) is 1. The number of rotatable bonds is 20. The van der Waals surface area contributed by atoms with Gasteiger partial charge in [-0.05, 0) is 57.9 Å². The summed E-state index contributed by atoms with van der Waals surface area (Å²) in [4.78, 5) is 35.5. The molecular weight excluding hydrogens is 436 g/mol. The number of hydrogen-bond acceptors (Lipinski definition) is 4. The maximum atomic E-state index is 12.7. The van der Waals surface area contributed by atoms with Crippen molar-refractivity contribution in [2.24, 2.45) is 5.92 Å². The number of ketones is 3. The van der Waals surface area contributed by atoms with Crippen LogP contribution in [0.2, 0.25) is 0 Å². The fourth-order valence-electron chi connectivity index (χ4n) is 4.14. The number of halogens is 2. The van der Waals surface area contributed by atoms with Crippen LogP contribution in [0.4, 0.5) is 14.5 Å². The van der Waals surface area contributed by atoms with Crippen LogP contribution in [0.5, 0.6) is 0 Å². The van der Waals surface area contributed by atoms with Crippen LogP contribution in [0.1, 0.15) is 115 Å². The summed E-state index contributed by atoms with van der Waals surface area (Å²) >= 11 is 0. The molecule has 0 aliphatic carbocycles. The van der Waals surface area contributed by atoms with Gasteiger partial charge in [0.05, 0.1) is 0 Å². The molecule has 0 radical (unpaired) electrons. The smallest absolute Gasteiger partial charge is 0.245 e. The first-order valence-electron chi connectivity index (χ1n) is 12.9. The number of alkyl halides is 2. The van der Waals surface area contributed by atoms with E-state index >= 15 is 0 Å². The molecule has 0 saturated heterocycles. The molecule has 34 heavy (non-hydrogen) atoms. The summed E-state index contributed by atoms with van der Waals surface area (Å²) in [6.07, 6.45) is 13.5. The first-order valence-corrected chi connectivity index (χ1v) is 12.9. The van der Waals surface area contributed by atoms with Gasteiger partial charge < -0.3 is 5.32 Å². The standard InChI is InChI=1S/C28H43F2NO3/c1-22(32)26(23(2)33)27(34)24-16-18-25(19-17-24)31-21-15-13-11-9-7-5-4-6-8-10-12-14-20-28(3,29)30/h16-19,26,31H,4-15,20-21H2,1-3H3. The summed E-state index contributed by atoms with van der Waals surface area (Å²) in [5.41, 5.74) is 1.30. The second kappa shape index (κ2) is 16.5. The van der Waals surface area contributed by atoms with Crippen LogP contribution in [0, 0.1) is 5.92 Å². The van der Waals surface area contributed by atoms with E-state index in [0.29, 0.717) is 12.0 Å². The van der Waals surface area contributed by atoms with E-state index in [0.717, 1.165) is 44.8 Å². The van der Waals surface area contributed by atoms with E-state index in [2.05, 4.69) is 5.32 Å². The average Bonchev–Trinajstić information content (AvgIpc) is 2.75. The number of hydrogen-bond donors (Lipinski definition) is 1. The van der Waals surface area contributed by atoms with Crippen molar-refractivity contribution in [2.45, 2.75) is 110 Å². The molecule has 1 rings (SSSR count). The van der Waals surface area contributed by atoms with Crippen molar-refractivity contribution in [1.29, 1.82) is 0 Å². The molecule has 1 aromatic carbocycles. The van der Waals surface area contributed by atoms with Gasteiger partial charge in [0, 0.05) is 24.2 Å². The summed E-state index contributed by atoms with van der Waals surface area (Å²) < 4.78 is 25.4. The summed E-state index contributed by atoms with van der Waals surface area (Å²) in [5, 5.41) is 3.35. The normalized spacial score (nSPS) is 11.6. The highest BCUT2D eigenvalue weighted by Gasteiger charge is 2.28. The molecule has 0 spiro atoms. The predicted octanol–water partition coefficient (Wildman–Crippen LogP) is 7.80. The maximum Gasteiger partial charge on any atom is 0.245 e. The Morgan fingerprint density at radius 2 is 1.15 bits per heavy atom. The fraction of sp³-hybridized carbons (Fsp3) is 0.679. The zero-order valence-corrected chi connectivity index (χ0v) is 21.3. The number of Topliss-reactive ketones (excluding diaryl/α,β-unsaturated/α-hetero) is 3. The Morgan fingerprint density at radius 3 is 1.56 bits per heavy atom. The van der Waals surface area contributed by atoms with E-state index in [1.165, 1.54) is 58.8 Å². The van der Waals surface area contributed by atoms with Gasteiger partial charge in [-0.1, -0.05) is 64.2 Å². The lowest BCUT2D eigenvalue weighted by atomic mass is 9.91. The Balaban J connectivity index is 2.03. The van der Waals surface area contributed by atoms with Crippen molar-refractivity contribution in [1.82, 2.24) is 0 Å². The van der Waals surface area contributed by atoms with E-state index in [4.69, 9.17) is 0 Å². The molecule has 0 fully saturated rings. The fourth-order valence-corrected chi connectivity index (χ4v) is 4.14. The zero-order chi connectivity index (χ0) is 25.4. The maximum absolute atomic E-state index is 12.7. The molecule has 1 N–H and O–H groups in total. The second-order valence-corrected chi connectivity index (χ2v) is 9.59. The van der Waals surface area contributed by atoms with E-state index in [-0.39, 0.29) is 6.42 Å². The van der Waals surface area contributed by atoms with Crippen LogP contribution >= 0.6 is 0 Å². The molecule has 0 aliphatic rings. The SMILES string of the molecule is CC(=O)C(C(C)=O)C(=O)c1ccc(NCCCCCCCCCCCCCCC(C)(F)F)cc1. The lowest BCUT2D eigenvalue weighted by molar-refractivity contribution is -0.128. The van der Waals surface area contributed by atoms with Crippen molar-refractivity contribution in [3.8, 4) is 0 Å². The highest BCUT2D eigenvalue weighted by molar-refractivity contribution is 6.23. The van der Waals surface area contributed by atoms with Gasteiger partial charge in [0.2, 0.25) is 5.92 Å². The van der Waals surface area contributed by atoms with E-state index in [1.54, 1.807) is 12.1 Å². The third-order valence-corrected chi connectivity index (χ3v) is 6.12. The van der Waals surface area contributed by atoms with Crippen LogP contribution in [0.25, 0.3) is 0 Å². The molecule has 0 aromatic heterocycles. The third-order valence-electron chi connectivity index (χ3n) is 6.12. The van der Waals surface area contributed by atoms with Gasteiger partial charge in [-0.3, -0.25) is 14.4 Å². The second-order valence-electron chi connectivity index (χ2n) is 9.59. The van der Waals surface area contributed by atoms with Gasteiger partial charge in [0.1, 0.15) is 17.5 Å².